The third-order valence-corrected chi connectivity index (χ3v) is 13.4. The lowest BCUT2D eigenvalue weighted by molar-refractivity contribution is -0.121. The predicted molar refractivity (Wildman–Crippen MR) is 283 cm³/mol. The average Bonchev–Trinajstić information content (AvgIpc) is 3.27. The number of carbonyl (C=O) groups excluding carboxylic acids is 5. The van der Waals surface area contributed by atoms with Crippen LogP contribution in [0.1, 0.15) is 154 Å². The molecule has 7 heterocycles. The zero-order valence-corrected chi connectivity index (χ0v) is 47.4. The Kier molecular flexibility index (Phi) is 28.5. The summed E-state index contributed by atoms with van der Waals surface area (Å²) >= 11 is 0. The van der Waals surface area contributed by atoms with Crippen LogP contribution in [0.4, 0.5) is 14.4 Å². The normalized spacial score (nSPS) is 21.7. The molecule has 0 unspecified atom stereocenters. The minimum absolute atomic E-state index is 0.175. The number of piperidine rings is 3. The highest BCUT2D eigenvalue weighted by Gasteiger charge is 2.35. The van der Waals surface area contributed by atoms with Gasteiger partial charge in [-0.05, 0) is 121 Å². The topological polar surface area (TPSA) is 204 Å². The number of hydrogen-bond acceptors (Lipinski definition) is 16. The summed E-state index contributed by atoms with van der Waals surface area (Å²) in [6.07, 6.45) is 12.2. The van der Waals surface area contributed by atoms with Crippen LogP contribution in [-0.2, 0) is 42.7 Å². The first kappa shape index (κ1) is 64.1. The molecule has 0 atom stereocenters. The van der Waals surface area contributed by atoms with Gasteiger partial charge >= 0.3 is 18.3 Å². The molecule has 19 nitrogen and oxygen atoms in total. The zero-order chi connectivity index (χ0) is 54.2. The lowest BCUT2D eigenvalue weighted by Gasteiger charge is -2.44. The standard InChI is InChI=1S/C15H28N2O3.C13H24N2O3.C11H21NO.C10H17NO3.C3H7NO.C2H4O/c1-5-17(13-10-19-11-13)12-6-8-16(9-7-12)14(18)20-15(2,3)4;1-13(2,3)18-12(16)15-6-4-10(5-7-15)14-11-8-17-9-11;1-2-12(11-8-13-9-11)10-6-4-3-5-7-10;1-10(2,3)14-9(13)11-6-4-8(12)5-7-11;4-3-1-5-2-3;1-2-3/h12-13H,5-11H2,1-4H3;10-11,14H,4-9H2,1-3H3;10-11H,2-9H2,1H3;4-7H2,1-3H3;3H,1-2,4H2;2H,1H3. The molecule has 0 aromatic carbocycles. The van der Waals surface area contributed by atoms with Gasteiger partial charge in [-0.1, -0.05) is 33.1 Å². The van der Waals surface area contributed by atoms with Crippen LogP contribution in [0.5, 0.6) is 0 Å². The average molecular weight is 1040 g/mol. The van der Waals surface area contributed by atoms with Crippen LogP contribution in [0.25, 0.3) is 0 Å². The third kappa shape index (κ3) is 25.5. The number of aldehydes is 1. The molecule has 0 bridgehead atoms. The van der Waals surface area contributed by atoms with Gasteiger partial charge in [0.2, 0.25) is 0 Å². The first-order valence-corrected chi connectivity index (χ1v) is 27.6. The summed E-state index contributed by atoms with van der Waals surface area (Å²) in [7, 11) is 0. The first-order valence-electron chi connectivity index (χ1n) is 27.6. The summed E-state index contributed by atoms with van der Waals surface area (Å²) in [6.45, 7) is 36.1. The second kappa shape index (κ2) is 32.4. The number of likely N-dealkylation sites (tertiary alicyclic amines) is 3. The second-order valence-corrected chi connectivity index (χ2v) is 23.2. The Bertz CT molecular complexity index is 1570. The SMILES string of the molecule is CC(C)(C)OC(=O)N1CCC(=O)CC1.CC(C)(C)OC(=O)N1CCC(NC2COC2)CC1.CC=O.CCN(C1CCCCC1)C1COC1.CCN(C1CCN(C(=O)OC(C)(C)C)CC1)C1COC1.NC1COC1. The van der Waals surface area contributed by atoms with E-state index in [0.29, 0.717) is 56.1 Å². The van der Waals surface area contributed by atoms with E-state index in [2.05, 4.69) is 29.0 Å². The molecule has 19 heteroatoms. The molecule has 0 radical (unpaired) electrons. The molecule has 8 aliphatic rings. The molecule has 7 aliphatic heterocycles. The number of likely N-dealkylation sites (N-methyl/N-ethyl adjacent to an activating group) is 2. The van der Waals surface area contributed by atoms with Gasteiger partial charge in [-0.15, -0.1) is 0 Å². The van der Waals surface area contributed by atoms with E-state index in [9.17, 15) is 19.2 Å². The molecule has 1 aliphatic carbocycles. The van der Waals surface area contributed by atoms with Crippen molar-refractivity contribution in [3.63, 3.8) is 0 Å². The Morgan fingerprint density at radius 1 is 0.548 bits per heavy atom. The number of Topliss-reactive ketones (excluding diaryl/α,β-unsaturated/α-hetero) is 1. The van der Waals surface area contributed by atoms with E-state index in [4.69, 9.17) is 43.7 Å². The molecule has 3 amide bonds. The van der Waals surface area contributed by atoms with Crippen LogP contribution in [0.3, 0.4) is 0 Å². The molecule has 8 fully saturated rings. The summed E-state index contributed by atoms with van der Waals surface area (Å²) in [5.41, 5.74) is 3.98. The van der Waals surface area contributed by atoms with Gasteiger partial charge in [0, 0.05) is 70.2 Å². The summed E-state index contributed by atoms with van der Waals surface area (Å²) in [4.78, 5) is 65.6. The number of ether oxygens (including phenoxy) is 7. The number of carbonyl (C=O) groups is 5. The summed E-state index contributed by atoms with van der Waals surface area (Å²) in [5.74, 6) is 0.227. The Hall–Kier alpha value is -3.17. The van der Waals surface area contributed by atoms with Gasteiger partial charge in [0.15, 0.2) is 0 Å². The van der Waals surface area contributed by atoms with Crippen molar-refractivity contribution in [1.29, 1.82) is 0 Å². The molecular weight excluding hydrogens is 939 g/mol. The van der Waals surface area contributed by atoms with Crippen molar-refractivity contribution in [2.75, 3.05) is 105 Å². The van der Waals surface area contributed by atoms with Crippen molar-refractivity contribution in [2.24, 2.45) is 5.73 Å². The number of nitrogens with two attached hydrogens (primary N) is 1. The second-order valence-electron chi connectivity index (χ2n) is 23.2. The largest absolute Gasteiger partial charge is 0.444 e. The Balaban J connectivity index is 0.000000246. The molecule has 0 spiro atoms. The van der Waals surface area contributed by atoms with E-state index in [1.54, 1.807) is 9.80 Å². The van der Waals surface area contributed by atoms with E-state index in [0.717, 1.165) is 130 Å². The Morgan fingerprint density at radius 2 is 0.877 bits per heavy atom. The number of ketones is 1. The van der Waals surface area contributed by atoms with Gasteiger partial charge in [-0.3, -0.25) is 14.6 Å². The van der Waals surface area contributed by atoms with Crippen molar-refractivity contribution in [1.82, 2.24) is 29.8 Å². The van der Waals surface area contributed by atoms with Gasteiger partial charge in [0.1, 0.15) is 28.9 Å². The highest BCUT2D eigenvalue weighted by Crippen LogP contribution is 2.27. The van der Waals surface area contributed by atoms with Crippen molar-refractivity contribution in [3.8, 4) is 0 Å². The zero-order valence-electron chi connectivity index (χ0n) is 47.4. The monoisotopic (exact) mass is 1040 g/mol. The predicted octanol–water partition coefficient (Wildman–Crippen LogP) is 6.66. The van der Waals surface area contributed by atoms with Gasteiger partial charge < -0.3 is 63.7 Å². The number of nitrogens with one attached hydrogen (secondary N) is 1. The van der Waals surface area contributed by atoms with E-state index >= 15 is 0 Å². The van der Waals surface area contributed by atoms with Crippen LogP contribution >= 0.6 is 0 Å². The van der Waals surface area contributed by atoms with Crippen LogP contribution in [0.15, 0.2) is 0 Å². The maximum atomic E-state index is 12.0. The fraction of sp³-hybridized carbons (Fsp3) is 0.907. The highest BCUT2D eigenvalue weighted by molar-refractivity contribution is 5.81. The smallest absolute Gasteiger partial charge is 0.410 e. The first-order chi connectivity index (χ1) is 34.4. The van der Waals surface area contributed by atoms with Gasteiger partial charge in [0.25, 0.3) is 0 Å². The fourth-order valence-corrected chi connectivity index (χ4v) is 9.32. The summed E-state index contributed by atoms with van der Waals surface area (Å²) in [5, 5.41) is 3.56. The van der Waals surface area contributed by atoms with Gasteiger partial charge in [-0.2, -0.15) is 0 Å². The Morgan fingerprint density at radius 3 is 1.16 bits per heavy atom. The van der Waals surface area contributed by atoms with Crippen LogP contribution in [0, 0.1) is 0 Å². The van der Waals surface area contributed by atoms with Crippen LogP contribution in [0.2, 0.25) is 0 Å². The quantitative estimate of drug-likeness (QED) is 0.193. The number of amides is 3. The van der Waals surface area contributed by atoms with Crippen molar-refractivity contribution < 1.29 is 57.1 Å². The fourth-order valence-electron chi connectivity index (χ4n) is 9.32. The van der Waals surface area contributed by atoms with E-state index < -0.39 is 16.8 Å². The summed E-state index contributed by atoms with van der Waals surface area (Å²) in [6, 6.07) is 4.14. The maximum Gasteiger partial charge on any atom is 0.410 e. The minimum atomic E-state index is -0.460. The van der Waals surface area contributed by atoms with E-state index in [-0.39, 0.29) is 24.1 Å². The van der Waals surface area contributed by atoms with Gasteiger partial charge in [0.05, 0.1) is 77.0 Å². The molecule has 73 heavy (non-hydrogen) atoms. The van der Waals surface area contributed by atoms with Crippen molar-refractivity contribution in [3.05, 3.63) is 0 Å². The lowest BCUT2D eigenvalue weighted by atomic mass is 9.93. The molecule has 3 N–H and O–H groups in total. The van der Waals surface area contributed by atoms with Crippen molar-refractivity contribution in [2.45, 2.75) is 213 Å². The number of rotatable bonds is 8. The molecular formula is C54H101N7O12. The van der Waals surface area contributed by atoms with Crippen molar-refractivity contribution >= 4 is 30.3 Å². The van der Waals surface area contributed by atoms with Crippen LogP contribution in [-0.4, -0.2) is 219 Å². The van der Waals surface area contributed by atoms with E-state index in [1.165, 1.54) is 45.6 Å². The third-order valence-electron chi connectivity index (χ3n) is 13.4. The maximum absolute atomic E-state index is 12.0. The van der Waals surface area contributed by atoms with Crippen LogP contribution < -0.4 is 11.1 Å². The Labute approximate surface area is 439 Å². The molecule has 0 aromatic heterocycles. The van der Waals surface area contributed by atoms with E-state index in [1.807, 2.05) is 67.2 Å². The molecule has 424 valence electrons. The molecule has 8 rings (SSSR count). The molecule has 1 saturated carbocycles. The lowest BCUT2D eigenvalue weighted by Crippen LogP contribution is -2.56. The highest BCUT2D eigenvalue weighted by atomic mass is 16.6. The minimum Gasteiger partial charge on any atom is -0.444 e. The number of hydrogen-bond donors (Lipinski definition) is 2. The molecule has 7 saturated heterocycles. The number of nitrogens with zero attached hydrogens (tertiary/aromatic N) is 5. The van der Waals surface area contributed by atoms with Gasteiger partial charge in [-0.25, -0.2) is 14.4 Å². The molecule has 0 aromatic rings. The summed E-state index contributed by atoms with van der Waals surface area (Å²) < 4.78 is 36.4.